The van der Waals surface area contributed by atoms with Gasteiger partial charge in [-0.2, -0.15) is 8.42 Å². The van der Waals surface area contributed by atoms with Crippen molar-refractivity contribution in [1.82, 2.24) is 0 Å². The summed E-state index contributed by atoms with van der Waals surface area (Å²) in [4.78, 5) is 57.0. The van der Waals surface area contributed by atoms with Gasteiger partial charge in [-0.3, -0.25) is 24.0 Å². The van der Waals surface area contributed by atoms with Crippen LogP contribution in [0.4, 0.5) is 0 Å². The van der Waals surface area contributed by atoms with Crippen LogP contribution in [-0.2, 0) is 62.0 Å². The summed E-state index contributed by atoms with van der Waals surface area (Å²) >= 11 is 0. The molecule has 1 heterocycles. The first-order chi connectivity index (χ1) is 14.2. The van der Waals surface area contributed by atoms with E-state index in [4.69, 9.17) is 33.6 Å². The van der Waals surface area contributed by atoms with Crippen LogP contribution < -0.4 is 5.73 Å². The molecule has 0 aromatic heterocycles. The van der Waals surface area contributed by atoms with E-state index in [9.17, 15) is 32.4 Å². The fourth-order valence-corrected chi connectivity index (χ4v) is 3.48. The van der Waals surface area contributed by atoms with E-state index in [1.54, 1.807) is 0 Å². The van der Waals surface area contributed by atoms with Gasteiger partial charge in [0, 0.05) is 27.7 Å². The molecule has 1 fully saturated rings. The largest absolute Gasteiger partial charge is 0.463 e. The molecule has 0 bridgehead atoms. The topological polar surface area (TPSA) is 201 Å². The highest BCUT2D eigenvalue weighted by Crippen LogP contribution is 2.30. The molecule has 0 aromatic rings. The Kier molecular flexibility index (Phi) is 9.33. The normalized spacial score (nSPS) is 25.7. The van der Waals surface area contributed by atoms with Gasteiger partial charge in [-0.05, 0) is 0 Å². The molecule has 0 unspecified atom stereocenters. The van der Waals surface area contributed by atoms with Gasteiger partial charge in [-0.15, -0.1) is 0 Å². The molecule has 15 heteroatoms. The Labute approximate surface area is 177 Å². The average molecular weight is 469 g/mol. The molecule has 1 amide bonds. The molecule has 0 spiro atoms. The van der Waals surface area contributed by atoms with Crippen molar-refractivity contribution in [2.45, 2.75) is 58.4 Å². The van der Waals surface area contributed by atoms with E-state index >= 15 is 0 Å². The molecular formula is C16H23NO13S. The van der Waals surface area contributed by atoms with E-state index in [0.717, 1.165) is 27.7 Å². The second-order valence-electron chi connectivity index (χ2n) is 6.33. The Hall–Kier alpha value is -2.78. The maximum atomic E-state index is 12.1. The van der Waals surface area contributed by atoms with Gasteiger partial charge in [-0.25, -0.2) is 4.18 Å². The fourth-order valence-electron chi connectivity index (χ4n) is 2.62. The van der Waals surface area contributed by atoms with Gasteiger partial charge in [0.2, 0.25) is 12.2 Å². The number of nitrogens with two attached hydrogens (primary N) is 1. The lowest BCUT2D eigenvalue weighted by atomic mass is 9.98. The standard InChI is InChI=1S/C16H23NO13S/c1-7(18)25-5-11-13(26-8(2)19)14(27-9(3)20)15(28-10(4)21)16(29-11)30-31(23,24)6-12(17)22/h11,13-16H,5-6H2,1-4H3,(H2,17,22)/t11-,13-,14+,15-,16+/m1/s1. The Morgan fingerprint density at radius 1 is 0.806 bits per heavy atom. The quantitative estimate of drug-likeness (QED) is 0.219. The van der Waals surface area contributed by atoms with Crippen molar-refractivity contribution in [3.63, 3.8) is 0 Å². The van der Waals surface area contributed by atoms with Crippen LogP contribution >= 0.6 is 0 Å². The van der Waals surface area contributed by atoms with E-state index in [0.29, 0.717) is 0 Å². The number of hydrogen-bond acceptors (Lipinski definition) is 13. The summed E-state index contributed by atoms with van der Waals surface area (Å²) in [6, 6.07) is 0. The Bertz CT molecular complexity index is 823. The molecule has 0 radical (unpaired) electrons. The van der Waals surface area contributed by atoms with Gasteiger partial charge < -0.3 is 29.4 Å². The lowest BCUT2D eigenvalue weighted by Gasteiger charge is -2.43. The van der Waals surface area contributed by atoms with Gasteiger partial charge in [0.15, 0.2) is 24.1 Å². The highest BCUT2D eigenvalue weighted by atomic mass is 32.2. The first kappa shape index (κ1) is 26.3. The average Bonchev–Trinajstić information content (AvgIpc) is 2.55. The summed E-state index contributed by atoms with van der Waals surface area (Å²) in [7, 11) is -4.64. The Balaban J connectivity index is 3.42. The molecule has 1 saturated heterocycles. The zero-order chi connectivity index (χ0) is 23.9. The highest BCUT2D eigenvalue weighted by Gasteiger charge is 2.54. The highest BCUT2D eigenvalue weighted by molar-refractivity contribution is 7.87. The predicted octanol–water partition coefficient (Wildman–Crippen LogP) is -2.10. The summed E-state index contributed by atoms with van der Waals surface area (Å²) in [5.74, 6) is -5.96. The van der Waals surface area contributed by atoms with Crippen LogP contribution in [-0.4, -0.2) is 81.3 Å². The third-order valence-corrected chi connectivity index (χ3v) is 4.63. The monoisotopic (exact) mass is 469 g/mol. The molecule has 2 N–H and O–H groups in total. The number of primary amides is 1. The van der Waals surface area contributed by atoms with Crippen molar-refractivity contribution in [2.75, 3.05) is 12.4 Å². The van der Waals surface area contributed by atoms with Crippen LogP contribution in [0.3, 0.4) is 0 Å². The number of carbonyl (C=O) groups excluding carboxylic acids is 5. The molecular weight excluding hydrogens is 446 g/mol. The molecule has 1 aliphatic rings. The van der Waals surface area contributed by atoms with Crippen molar-refractivity contribution in [1.29, 1.82) is 0 Å². The van der Waals surface area contributed by atoms with Crippen molar-refractivity contribution in [3.8, 4) is 0 Å². The van der Waals surface area contributed by atoms with Crippen LogP contribution in [0.15, 0.2) is 0 Å². The van der Waals surface area contributed by atoms with E-state index in [1.807, 2.05) is 0 Å². The molecule has 5 atom stereocenters. The maximum absolute atomic E-state index is 12.1. The third kappa shape index (κ3) is 8.85. The first-order valence-electron chi connectivity index (χ1n) is 8.71. The predicted molar refractivity (Wildman–Crippen MR) is 96.0 cm³/mol. The number of amides is 1. The first-order valence-corrected chi connectivity index (χ1v) is 10.3. The summed E-state index contributed by atoms with van der Waals surface area (Å²) < 4.78 is 54.4. The van der Waals surface area contributed by atoms with Crippen LogP contribution in [0.25, 0.3) is 0 Å². The number of rotatable bonds is 9. The summed E-state index contributed by atoms with van der Waals surface area (Å²) in [5, 5.41) is 0. The van der Waals surface area contributed by atoms with Gasteiger partial charge in [0.05, 0.1) is 0 Å². The number of ether oxygens (including phenoxy) is 5. The van der Waals surface area contributed by atoms with Gasteiger partial charge in [0.25, 0.3) is 10.1 Å². The van der Waals surface area contributed by atoms with Gasteiger partial charge in [-0.1, -0.05) is 0 Å². The molecule has 1 rings (SSSR count). The molecule has 1 aliphatic heterocycles. The summed E-state index contributed by atoms with van der Waals surface area (Å²) in [6.07, 6.45) is -8.22. The smallest absolute Gasteiger partial charge is 0.303 e. The van der Waals surface area contributed by atoms with Crippen molar-refractivity contribution >= 4 is 39.9 Å². The minimum absolute atomic E-state index is 0.576. The molecule has 176 valence electrons. The maximum Gasteiger partial charge on any atom is 0.303 e. The summed E-state index contributed by atoms with van der Waals surface area (Å²) in [6.45, 7) is 3.47. The van der Waals surface area contributed by atoms with E-state index in [2.05, 4.69) is 0 Å². The molecule has 0 aromatic carbocycles. The second-order valence-corrected chi connectivity index (χ2v) is 7.93. The Morgan fingerprint density at radius 2 is 1.29 bits per heavy atom. The van der Waals surface area contributed by atoms with E-state index < -0.39 is 83.0 Å². The van der Waals surface area contributed by atoms with Crippen molar-refractivity contribution in [2.24, 2.45) is 5.73 Å². The van der Waals surface area contributed by atoms with Crippen LogP contribution in [0.2, 0.25) is 0 Å². The SMILES string of the molecule is CC(=O)OC[C@H]1O[C@@H](OS(=O)(=O)CC(N)=O)[C@H](OC(C)=O)[C@@H](OC(C)=O)[C@@H]1OC(C)=O. The second kappa shape index (κ2) is 11.0. The van der Waals surface area contributed by atoms with E-state index in [-0.39, 0.29) is 0 Å². The van der Waals surface area contributed by atoms with Crippen LogP contribution in [0, 0.1) is 0 Å². The number of hydrogen-bond donors (Lipinski definition) is 1. The summed E-state index contributed by atoms with van der Waals surface area (Å²) in [5.41, 5.74) is 4.87. The number of carbonyl (C=O) groups is 5. The minimum atomic E-state index is -4.64. The minimum Gasteiger partial charge on any atom is -0.463 e. The van der Waals surface area contributed by atoms with E-state index in [1.165, 1.54) is 0 Å². The van der Waals surface area contributed by atoms with Crippen LogP contribution in [0.1, 0.15) is 27.7 Å². The lowest BCUT2D eigenvalue weighted by Crippen LogP contribution is -2.63. The number of esters is 4. The lowest BCUT2D eigenvalue weighted by molar-refractivity contribution is -0.287. The van der Waals surface area contributed by atoms with Crippen LogP contribution in [0.5, 0.6) is 0 Å². The van der Waals surface area contributed by atoms with Crippen molar-refractivity contribution < 1.29 is 60.3 Å². The molecule has 0 saturated carbocycles. The van der Waals surface area contributed by atoms with Gasteiger partial charge >= 0.3 is 23.9 Å². The molecule has 14 nitrogen and oxygen atoms in total. The zero-order valence-electron chi connectivity index (χ0n) is 17.1. The van der Waals surface area contributed by atoms with Gasteiger partial charge in [0.1, 0.15) is 12.7 Å². The zero-order valence-corrected chi connectivity index (χ0v) is 17.9. The fraction of sp³-hybridized carbons (Fsp3) is 0.688. The molecule has 31 heavy (non-hydrogen) atoms. The van der Waals surface area contributed by atoms with Crippen molar-refractivity contribution in [3.05, 3.63) is 0 Å². The third-order valence-electron chi connectivity index (χ3n) is 3.51. The Morgan fingerprint density at radius 3 is 1.74 bits per heavy atom. The molecule has 0 aliphatic carbocycles.